The molecule has 0 unspecified atom stereocenters. The highest BCUT2D eigenvalue weighted by molar-refractivity contribution is 6.03. The molecule has 2 aromatic carbocycles. The van der Waals surface area contributed by atoms with Crippen LogP contribution in [0.5, 0.6) is 0 Å². The lowest BCUT2D eigenvalue weighted by Crippen LogP contribution is -1.92. The molecule has 2 aromatic rings. The molecule has 18 heavy (non-hydrogen) atoms. The molecular weight excluding hydrogens is 220 g/mol. The van der Waals surface area contributed by atoms with Gasteiger partial charge < -0.3 is 11.5 Å². The van der Waals surface area contributed by atoms with E-state index >= 15 is 0 Å². The smallest absolute Gasteiger partial charge is 0.0320 e. The molecule has 0 aliphatic rings. The molecule has 2 heteroatoms. The lowest BCUT2D eigenvalue weighted by molar-refractivity contribution is 1.59. The molecule has 0 aliphatic heterocycles. The summed E-state index contributed by atoms with van der Waals surface area (Å²) in [7, 11) is 0. The fourth-order valence-electron chi connectivity index (χ4n) is 1.80. The van der Waals surface area contributed by atoms with Crippen LogP contribution < -0.4 is 11.5 Å². The summed E-state index contributed by atoms with van der Waals surface area (Å²) in [5, 5.41) is 0. The summed E-state index contributed by atoms with van der Waals surface area (Å²) < 4.78 is 0. The SMILES string of the molecule is C=C(C(=C)c1cccc(N)c1)c1cccc(N)c1. The van der Waals surface area contributed by atoms with Crippen molar-refractivity contribution >= 4 is 22.5 Å². The Labute approximate surface area is 107 Å². The van der Waals surface area contributed by atoms with Crippen LogP contribution >= 0.6 is 0 Å². The zero-order chi connectivity index (χ0) is 13.1. The molecule has 2 rings (SSSR count). The standard InChI is InChI=1S/C16H16N2/c1-11(13-5-3-7-15(17)9-13)12(2)14-6-4-8-16(18)10-14/h3-10H,1-2,17-18H2. The van der Waals surface area contributed by atoms with Crippen LogP contribution in [0.1, 0.15) is 11.1 Å². The molecule has 0 aromatic heterocycles. The molecule has 0 fully saturated rings. The lowest BCUT2D eigenvalue weighted by Gasteiger charge is -2.11. The van der Waals surface area contributed by atoms with E-state index in [1.807, 2.05) is 48.5 Å². The van der Waals surface area contributed by atoms with Crippen LogP contribution in [0.15, 0.2) is 61.7 Å². The van der Waals surface area contributed by atoms with Crippen LogP contribution in [0, 0.1) is 0 Å². The zero-order valence-electron chi connectivity index (χ0n) is 10.2. The molecule has 0 spiro atoms. The minimum absolute atomic E-state index is 0.717. The van der Waals surface area contributed by atoms with E-state index in [4.69, 9.17) is 11.5 Å². The third-order valence-corrected chi connectivity index (χ3v) is 2.83. The summed E-state index contributed by atoms with van der Waals surface area (Å²) in [6.45, 7) is 8.15. The van der Waals surface area contributed by atoms with E-state index in [-0.39, 0.29) is 0 Å². The predicted octanol–water partition coefficient (Wildman–Crippen LogP) is 3.58. The Bertz CT molecular complexity index is 556. The summed E-state index contributed by atoms with van der Waals surface area (Å²) >= 11 is 0. The molecule has 0 heterocycles. The summed E-state index contributed by atoms with van der Waals surface area (Å²) in [6.07, 6.45) is 0. The number of nitrogens with two attached hydrogens (primary N) is 2. The van der Waals surface area contributed by atoms with Crippen molar-refractivity contribution in [1.29, 1.82) is 0 Å². The van der Waals surface area contributed by atoms with E-state index in [0.29, 0.717) is 11.4 Å². The third kappa shape index (κ3) is 2.43. The minimum Gasteiger partial charge on any atom is -0.399 e. The second-order valence-electron chi connectivity index (χ2n) is 4.21. The van der Waals surface area contributed by atoms with E-state index in [2.05, 4.69) is 13.2 Å². The van der Waals surface area contributed by atoms with Crippen molar-refractivity contribution in [3.8, 4) is 0 Å². The Morgan fingerprint density at radius 2 is 1.11 bits per heavy atom. The minimum atomic E-state index is 0.717. The Balaban J connectivity index is 2.32. The Hall–Kier alpha value is -2.48. The van der Waals surface area contributed by atoms with E-state index in [0.717, 1.165) is 22.3 Å². The summed E-state index contributed by atoms with van der Waals surface area (Å²) in [6, 6.07) is 15.2. The van der Waals surface area contributed by atoms with Crippen molar-refractivity contribution in [2.45, 2.75) is 0 Å². The third-order valence-electron chi connectivity index (χ3n) is 2.83. The van der Waals surface area contributed by atoms with Gasteiger partial charge in [-0.15, -0.1) is 0 Å². The van der Waals surface area contributed by atoms with Gasteiger partial charge in [0, 0.05) is 11.4 Å². The van der Waals surface area contributed by atoms with Gasteiger partial charge in [0.1, 0.15) is 0 Å². The van der Waals surface area contributed by atoms with Gasteiger partial charge in [-0.25, -0.2) is 0 Å². The van der Waals surface area contributed by atoms with Crippen molar-refractivity contribution < 1.29 is 0 Å². The van der Waals surface area contributed by atoms with Crippen molar-refractivity contribution in [2.75, 3.05) is 11.5 Å². The number of hydrogen-bond acceptors (Lipinski definition) is 2. The first-order valence-corrected chi connectivity index (χ1v) is 5.68. The van der Waals surface area contributed by atoms with E-state index in [1.165, 1.54) is 0 Å². The largest absolute Gasteiger partial charge is 0.399 e. The Morgan fingerprint density at radius 3 is 1.44 bits per heavy atom. The highest BCUT2D eigenvalue weighted by Crippen LogP contribution is 2.29. The summed E-state index contributed by atoms with van der Waals surface area (Å²) in [5.74, 6) is 0. The number of benzene rings is 2. The highest BCUT2D eigenvalue weighted by atomic mass is 14.5. The van der Waals surface area contributed by atoms with Crippen LogP contribution in [0.3, 0.4) is 0 Å². The lowest BCUT2D eigenvalue weighted by atomic mass is 9.94. The molecule has 0 saturated carbocycles. The molecule has 4 N–H and O–H groups in total. The van der Waals surface area contributed by atoms with Gasteiger partial charge in [0.2, 0.25) is 0 Å². The first kappa shape index (κ1) is 12.0. The average molecular weight is 236 g/mol. The maximum Gasteiger partial charge on any atom is 0.0320 e. The molecule has 0 atom stereocenters. The topological polar surface area (TPSA) is 52.0 Å². The maximum absolute atomic E-state index is 5.77. The van der Waals surface area contributed by atoms with Gasteiger partial charge in [0.05, 0.1) is 0 Å². The number of nitrogen functional groups attached to an aromatic ring is 2. The molecule has 0 saturated heterocycles. The van der Waals surface area contributed by atoms with Crippen molar-refractivity contribution in [2.24, 2.45) is 0 Å². The van der Waals surface area contributed by atoms with Gasteiger partial charge in [-0.2, -0.15) is 0 Å². The fourth-order valence-corrected chi connectivity index (χ4v) is 1.80. The van der Waals surface area contributed by atoms with Crippen LogP contribution in [0.25, 0.3) is 11.1 Å². The molecule has 2 nitrogen and oxygen atoms in total. The van der Waals surface area contributed by atoms with Crippen LogP contribution in [-0.4, -0.2) is 0 Å². The maximum atomic E-state index is 5.77. The van der Waals surface area contributed by atoms with E-state index in [9.17, 15) is 0 Å². The first-order valence-electron chi connectivity index (χ1n) is 5.68. The van der Waals surface area contributed by atoms with Gasteiger partial charge in [-0.3, -0.25) is 0 Å². The number of rotatable bonds is 3. The molecule has 0 bridgehead atoms. The number of anilines is 2. The van der Waals surface area contributed by atoms with Crippen LogP contribution in [-0.2, 0) is 0 Å². The Morgan fingerprint density at radius 1 is 0.722 bits per heavy atom. The number of hydrogen-bond donors (Lipinski definition) is 2. The van der Waals surface area contributed by atoms with Crippen LogP contribution in [0.4, 0.5) is 11.4 Å². The molecule has 0 amide bonds. The second-order valence-corrected chi connectivity index (χ2v) is 4.21. The van der Waals surface area contributed by atoms with E-state index < -0.39 is 0 Å². The van der Waals surface area contributed by atoms with E-state index in [1.54, 1.807) is 0 Å². The molecular formula is C16H16N2. The summed E-state index contributed by atoms with van der Waals surface area (Å²) in [4.78, 5) is 0. The van der Waals surface area contributed by atoms with Gasteiger partial charge in [-0.1, -0.05) is 37.4 Å². The second kappa shape index (κ2) is 4.80. The summed E-state index contributed by atoms with van der Waals surface area (Å²) in [5.41, 5.74) is 16.6. The average Bonchev–Trinajstić information content (AvgIpc) is 2.37. The quantitative estimate of drug-likeness (QED) is 0.632. The molecule has 0 radical (unpaired) electrons. The van der Waals surface area contributed by atoms with Gasteiger partial charge >= 0.3 is 0 Å². The van der Waals surface area contributed by atoms with Crippen molar-refractivity contribution in [1.82, 2.24) is 0 Å². The van der Waals surface area contributed by atoms with Crippen molar-refractivity contribution in [3.05, 3.63) is 72.8 Å². The normalized spacial score (nSPS) is 10.0. The zero-order valence-corrected chi connectivity index (χ0v) is 10.2. The first-order chi connectivity index (χ1) is 8.58. The van der Waals surface area contributed by atoms with Gasteiger partial charge in [-0.05, 0) is 46.5 Å². The highest BCUT2D eigenvalue weighted by Gasteiger charge is 2.06. The van der Waals surface area contributed by atoms with Crippen LogP contribution in [0.2, 0.25) is 0 Å². The fraction of sp³-hybridized carbons (Fsp3) is 0. The molecule has 90 valence electrons. The Kier molecular flexibility index (Phi) is 3.20. The molecule has 0 aliphatic carbocycles. The van der Waals surface area contributed by atoms with Crippen molar-refractivity contribution in [3.63, 3.8) is 0 Å². The van der Waals surface area contributed by atoms with Gasteiger partial charge in [0.25, 0.3) is 0 Å². The monoisotopic (exact) mass is 236 g/mol. The predicted molar refractivity (Wildman–Crippen MR) is 79.8 cm³/mol. The van der Waals surface area contributed by atoms with Gasteiger partial charge in [0.15, 0.2) is 0 Å². The number of allylic oxidation sites excluding steroid dienone is 2.